The minimum Gasteiger partial charge on any atom is -0.496 e. The molecule has 0 radical (unpaired) electrons. The molecule has 1 aliphatic carbocycles. The third-order valence-electron chi connectivity index (χ3n) is 7.05. The Bertz CT molecular complexity index is 1390. The predicted octanol–water partition coefficient (Wildman–Crippen LogP) is 5.94. The van der Waals surface area contributed by atoms with Gasteiger partial charge in [-0.15, -0.1) is 0 Å². The van der Waals surface area contributed by atoms with Crippen LogP contribution in [0.3, 0.4) is 0 Å². The van der Waals surface area contributed by atoms with Crippen molar-refractivity contribution in [1.82, 2.24) is 5.32 Å². The summed E-state index contributed by atoms with van der Waals surface area (Å²) >= 11 is 0. The van der Waals surface area contributed by atoms with Gasteiger partial charge in [0.2, 0.25) is 0 Å². The van der Waals surface area contributed by atoms with Crippen LogP contribution in [0, 0.1) is 5.82 Å². The Morgan fingerprint density at radius 3 is 2.41 bits per heavy atom. The molecule has 0 amide bonds. The van der Waals surface area contributed by atoms with Gasteiger partial charge in [0.05, 0.1) is 18.6 Å². The molecular weight excluding hydrogens is 469 g/mol. The van der Waals surface area contributed by atoms with E-state index in [0.29, 0.717) is 29.0 Å². The lowest BCUT2D eigenvalue weighted by atomic mass is 9.71. The first kappa shape index (κ1) is 24.5. The number of ketones is 1. The van der Waals surface area contributed by atoms with Crippen LogP contribution in [0.4, 0.5) is 4.39 Å². The van der Waals surface area contributed by atoms with Gasteiger partial charge in [-0.25, -0.2) is 9.18 Å². The van der Waals surface area contributed by atoms with Crippen molar-refractivity contribution < 1.29 is 23.5 Å². The Labute approximate surface area is 215 Å². The van der Waals surface area contributed by atoms with E-state index >= 15 is 0 Å². The number of halogens is 1. The first-order valence-corrected chi connectivity index (χ1v) is 12.3. The number of rotatable bonds is 6. The summed E-state index contributed by atoms with van der Waals surface area (Å²) in [4.78, 5) is 27.3. The number of allylic oxidation sites excluding steroid dienone is 3. The van der Waals surface area contributed by atoms with Gasteiger partial charge in [0.15, 0.2) is 5.78 Å². The normalized spacial score (nSPS) is 19.3. The maximum atomic E-state index is 13.7. The summed E-state index contributed by atoms with van der Waals surface area (Å²) in [5, 5.41) is 3.35. The molecule has 3 aromatic carbocycles. The maximum absolute atomic E-state index is 13.7. The monoisotopic (exact) mass is 497 g/mol. The summed E-state index contributed by atoms with van der Waals surface area (Å²) in [7, 11) is 1.58. The number of para-hydroxylation sites is 1. The Morgan fingerprint density at radius 2 is 1.68 bits per heavy atom. The summed E-state index contributed by atoms with van der Waals surface area (Å²) in [6, 6.07) is 23.2. The fourth-order valence-electron chi connectivity index (χ4n) is 5.30. The SMILES string of the molecule is COc1ccccc1[C@@H]1C(C(=O)OCc2ccccc2)=C(C)NC2=C1C(=O)C[C@@H](c1ccc(F)cc1)C2. The molecule has 2 aliphatic rings. The largest absolute Gasteiger partial charge is 0.496 e. The van der Waals surface area contributed by atoms with Crippen molar-refractivity contribution in [2.24, 2.45) is 0 Å². The van der Waals surface area contributed by atoms with E-state index in [2.05, 4.69) is 5.32 Å². The Morgan fingerprint density at radius 1 is 0.973 bits per heavy atom. The number of benzene rings is 3. The first-order chi connectivity index (χ1) is 18.0. The molecule has 0 bridgehead atoms. The molecule has 2 atom stereocenters. The second-order valence-electron chi connectivity index (χ2n) is 9.37. The number of esters is 1. The molecule has 0 saturated carbocycles. The molecule has 1 aliphatic heterocycles. The molecule has 6 heteroatoms. The standard InChI is InChI=1S/C31H28FNO4/c1-19-28(31(35)37-18-20-8-4-3-5-9-20)29(24-10-6-7-11-27(24)36-2)30-25(33-19)16-22(17-26(30)34)21-12-14-23(32)15-13-21/h3-15,22,29,33H,16-18H2,1-2H3/t22-,29+/m0/s1. The van der Waals surface area contributed by atoms with Crippen LogP contribution in [0.25, 0.3) is 0 Å². The molecule has 0 unspecified atom stereocenters. The minimum atomic E-state index is -0.627. The van der Waals surface area contributed by atoms with E-state index in [1.54, 1.807) is 19.2 Å². The molecule has 0 fully saturated rings. The number of carbonyl (C=O) groups excluding carboxylic acids is 2. The highest BCUT2D eigenvalue weighted by atomic mass is 19.1. The highest BCUT2D eigenvalue weighted by Gasteiger charge is 2.42. The Balaban J connectivity index is 1.54. The molecule has 188 valence electrons. The smallest absolute Gasteiger partial charge is 0.337 e. The van der Waals surface area contributed by atoms with Crippen molar-refractivity contribution >= 4 is 11.8 Å². The molecule has 0 spiro atoms. The van der Waals surface area contributed by atoms with Gasteiger partial charge < -0.3 is 14.8 Å². The van der Waals surface area contributed by atoms with E-state index in [9.17, 15) is 14.0 Å². The highest BCUT2D eigenvalue weighted by Crippen LogP contribution is 2.47. The minimum absolute atomic E-state index is 0.0557. The fourth-order valence-corrected chi connectivity index (χ4v) is 5.30. The van der Waals surface area contributed by atoms with Gasteiger partial charge in [0, 0.05) is 29.0 Å². The number of carbonyl (C=O) groups is 2. The van der Waals surface area contributed by atoms with Gasteiger partial charge in [-0.1, -0.05) is 60.7 Å². The number of dihydropyridines is 1. The van der Waals surface area contributed by atoms with Crippen LogP contribution in [0.1, 0.15) is 48.3 Å². The first-order valence-electron chi connectivity index (χ1n) is 12.3. The molecule has 0 aromatic heterocycles. The van der Waals surface area contributed by atoms with Crippen LogP contribution in [0.5, 0.6) is 5.75 Å². The van der Waals surface area contributed by atoms with Crippen LogP contribution < -0.4 is 10.1 Å². The number of nitrogens with one attached hydrogen (secondary N) is 1. The van der Waals surface area contributed by atoms with Crippen molar-refractivity contribution in [3.05, 3.63) is 124 Å². The molecule has 37 heavy (non-hydrogen) atoms. The van der Waals surface area contributed by atoms with Gasteiger partial charge in [-0.3, -0.25) is 4.79 Å². The molecular formula is C31H28FNO4. The highest BCUT2D eigenvalue weighted by molar-refractivity contribution is 6.04. The zero-order valence-electron chi connectivity index (χ0n) is 20.8. The van der Waals surface area contributed by atoms with Crippen LogP contribution >= 0.6 is 0 Å². The average Bonchev–Trinajstić information content (AvgIpc) is 2.91. The van der Waals surface area contributed by atoms with Crippen molar-refractivity contribution in [1.29, 1.82) is 0 Å². The van der Waals surface area contributed by atoms with Gasteiger partial charge in [-0.05, 0) is 48.6 Å². The molecule has 5 nitrogen and oxygen atoms in total. The Hall–Kier alpha value is -4.19. The summed E-state index contributed by atoms with van der Waals surface area (Å²) in [6.45, 7) is 1.96. The van der Waals surface area contributed by atoms with Gasteiger partial charge >= 0.3 is 5.97 Å². The molecule has 5 rings (SSSR count). The fraction of sp³-hybridized carbons (Fsp3) is 0.226. The number of ether oxygens (including phenoxy) is 2. The lowest BCUT2D eigenvalue weighted by molar-refractivity contribution is -0.140. The molecule has 3 aromatic rings. The van der Waals surface area contributed by atoms with E-state index in [4.69, 9.17) is 9.47 Å². The topological polar surface area (TPSA) is 64.6 Å². The number of methoxy groups -OCH3 is 1. The molecule has 1 heterocycles. The zero-order chi connectivity index (χ0) is 25.9. The predicted molar refractivity (Wildman–Crippen MR) is 138 cm³/mol. The summed E-state index contributed by atoms with van der Waals surface area (Å²) in [5.41, 5.74) is 4.89. The van der Waals surface area contributed by atoms with Crippen molar-refractivity contribution in [2.45, 2.75) is 38.2 Å². The van der Waals surface area contributed by atoms with Crippen molar-refractivity contribution in [3.8, 4) is 5.75 Å². The lowest BCUT2D eigenvalue weighted by Gasteiger charge is -2.37. The van der Waals surface area contributed by atoms with Crippen LogP contribution in [-0.4, -0.2) is 18.9 Å². The second-order valence-corrected chi connectivity index (χ2v) is 9.37. The van der Waals surface area contributed by atoms with E-state index in [1.807, 2.05) is 61.5 Å². The van der Waals surface area contributed by atoms with E-state index < -0.39 is 11.9 Å². The number of Topliss-reactive ketones (excluding diaryl/α,β-unsaturated/α-hetero) is 1. The summed E-state index contributed by atoms with van der Waals surface area (Å²) in [6.07, 6.45) is 0.839. The quantitative estimate of drug-likeness (QED) is 0.427. The zero-order valence-corrected chi connectivity index (χ0v) is 20.8. The van der Waals surface area contributed by atoms with Crippen LogP contribution in [0.2, 0.25) is 0 Å². The Kier molecular flexibility index (Phi) is 6.91. The van der Waals surface area contributed by atoms with E-state index in [1.165, 1.54) is 12.1 Å². The van der Waals surface area contributed by atoms with Gasteiger partial charge in [-0.2, -0.15) is 0 Å². The van der Waals surface area contributed by atoms with E-state index in [0.717, 1.165) is 22.4 Å². The van der Waals surface area contributed by atoms with Gasteiger partial charge in [0.25, 0.3) is 0 Å². The number of hydrogen-bond acceptors (Lipinski definition) is 5. The average molecular weight is 498 g/mol. The van der Waals surface area contributed by atoms with Gasteiger partial charge in [0.1, 0.15) is 18.2 Å². The third kappa shape index (κ3) is 4.92. The second kappa shape index (κ2) is 10.4. The van der Waals surface area contributed by atoms with Crippen LogP contribution in [0.15, 0.2) is 101 Å². The van der Waals surface area contributed by atoms with Crippen LogP contribution in [-0.2, 0) is 20.9 Å². The van der Waals surface area contributed by atoms with Crippen molar-refractivity contribution in [3.63, 3.8) is 0 Å². The molecule has 1 N–H and O–H groups in total. The number of hydrogen-bond donors (Lipinski definition) is 1. The van der Waals surface area contributed by atoms with Crippen molar-refractivity contribution in [2.75, 3.05) is 7.11 Å². The maximum Gasteiger partial charge on any atom is 0.337 e. The van der Waals surface area contributed by atoms with E-state index in [-0.39, 0.29) is 30.5 Å². The summed E-state index contributed by atoms with van der Waals surface area (Å²) < 4.78 is 24.9. The third-order valence-corrected chi connectivity index (χ3v) is 7.05. The molecule has 0 saturated heterocycles. The lowest BCUT2D eigenvalue weighted by Crippen LogP contribution is -2.36. The summed E-state index contributed by atoms with van der Waals surface area (Å²) in [5.74, 6) is -0.967.